The molecule has 0 N–H and O–H groups in total. The van der Waals surface area contributed by atoms with Crippen LogP contribution >= 0.6 is 22.7 Å². The Balaban J connectivity index is 1.25. The molecule has 32 heavy (non-hydrogen) atoms. The van der Waals surface area contributed by atoms with Gasteiger partial charge in [-0.3, -0.25) is 4.79 Å². The van der Waals surface area contributed by atoms with Crippen LogP contribution in [0.15, 0.2) is 40.6 Å². The first kappa shape index (κ1) is 22.0. The summed E-state index contributed by atoms with van der Waals surface area (Å²) in [6, 6.07) is 11.5. The first-order valence-corrected chi connectivity index (χ1v) is 13.9. The summed E-state index contributed by atoms with van der Waals surface area (Å²) in [7, 11) is -3.52. The first-order valence-electron chi connectivity index (χ1n) is 10.8. The van der Waals surface area contributed by atoms with Crippen molar-refractivity contribution in [2.24, 2.45) is 0 Å². The highest BCUT2D eigenvalue weighted by Crippen LogP contribution is 2.33. The maximum Gasteiger partial charge on any atom is 0.252 e. The average Bonchev–Trinajstić information content (AvgIpc) is 3.47. The molecular weight excluding hydrogens is 466 g/mol. The van der Waals surface area contributed by atoms with Crippen molar-refractivity contribution in [2.75, 3.05) is 39.4 Å². The Bertz CT molecular complexity index is 1180. The highest BCUT2D eigenvalue weighted by atomic mass is 32.2. The van der Waals surface area contributed by atoms with E-state index >= 15 is 0 Å². The summed E-state index contributed by atoms with van der Waals surface area (Å²) in [5.74, 6) is 0.304. The monoisotopic (exact) mass is 491 g/mol. The Morgan fingerprint density at radius 3 is 2.72 bits per heavy atom. The molecule has 2 aromatic heterocycles. The van der Waals surface area contributed by atoms with Gasteiger partial charge in [0, 0.05) is 37.0 Å². The van der Waals surface area contributed by atoms with E-state index in [1.165, 1.54) is 20.3 Å². The van der Waals surface area contributed by atoms with Crippen LogP contribution in [0.3, 0.4) is 0 Å². The fraction of sp³-hybridized carbons (Fsp3) is 0.455. The Hall–Kier alpha value is -1.85. The van der Waals surface area contributed by atoms with Gasteiger partial charge in [0.15, 0.2) is 0 Å². The molecule has 2 fully saturated rings. The number of sulfonamides is 1. The molecule has 0 radical (unpaired) electrons. The van der Waals surface area contributed by atoms with Crippen molar-refractivity contribution >= 4 is 48.8 Å². The van der Waals surface area contributed by atoms with E-state index in [0.29, 0.717) is 37.1 Å². The van der Waals surface area contributed by atoms with Gasteiger partial charge in [-0.25, -0.2) is 13.4 Å². The second-order valence-corrected chi connectivity index (χ2v) is 12.5. The minimum Gasteiger partial charge on any atom is -0.379 e. The van der Waals surface area contributed by atoms with Gasteiger partial charge >= 0.3 is 0 Å². The van der Waals surface area contributed by atoms with Crippen LogP contribution < -0.4 is 0 Å². The summed E-state index contributed by atoms with van der Waals surface area (Å²) in [5.41, 5.74) is 1.02. The van der Waals surface area contributed by atoms with Gasteiger partial charge in [0.05, 0.1) is 34.9 Å². The van der Waals surface area contributed by atoms with Crippen LogP contribution in [-0.2, 0) is 26.0 Å². The Labute approximate surface area is 195 Å². The zero-order chi connectivity index (χ0) is 22.1. The van der Waals surface area contributed by atoms with Crippen molar-refractivity contribution in [3.8, 4) is 0 Å². The number of amides is 1. The number of rotatable bonds is 5. The van der Waals surface area contributed by atoms with Crippen molar-refractivity contribution in [1.29, 1.82) is 0 Å². The highest BCUT2D eigenvalue weighted by molar-refractivity contribution is 7.91. The molecule has 170 valence electrons. The number of para-hydroxylation sites is 1. The lowest BCUT2D eigenvalue weighted by Gasteiger charge is -2.31. The molecule has 0 aliphatic carbocycles. The Morgan fingerprint density at radius 1 is 1.09 bits per heavy atom. The van der Waals surface area contributed by atoms with Crippen LogP contribution in [0.25, 0.3) is 10.2 Å². The molecule has 2 aliphatic heterocycles. The van der Waals surface area contributed by atoms with Gasteiger partial charge in [0.2, 0.25) is 5.91 Å². The van der Waals surface area contributed by atoms with Gasteiger partial charge in [-0.15, -0.1) is 22.7 Å². The molecule has 3 aromatic rings. The lowest BCUT2D eigenvalue weighted by molar-refractivity contribution is -0.131. The van der Waals surface area contributed by atoms with E-state index < -0.39 is 10.0 Å². The van der Waals surface area contributed by atoms with Crippen LogP contribution in [0, 0.1) is 0 Å². The molecule has 7 nitrogen and oxygen atoms in total. The van der Waals surface area contributed by atoms with Crippen molar-refractivity contribution in [3.05, 3.63) is 46.3 Å². The number of hydrogen-bond donors (Lipinski definition) is 0. The van der Waals surface area contributed by atoms with Gasteiger partial charge in [-0.05, 0) is 37.1 Å². The first-order chi connectivity index (χ1) is 15.5. The van der Waals surface area contributed by atoms with E-state index in [-0.39, 0.29) is 18.2 Å². The molecule has 0 unspecified atom stereocenters. The van der Waals surface area contributed by atoms with E-state index in [2.05, 4.69) is 6.07 Å². The standard InChI is InChI=1S/C22H25N3O4S3/c26-20(14-17-7-8-21(30-17)32(27,28)25-10-12-29-13-11-25)24-9-3-4-16(15-24)22-23-18-5-1-2-6-19(18)31-22/h1-2,5-8,16H,3-4,9-15H2/t16-/m0/s1. The Kier molecular flexibility index (Phi) is 6.31. The molecule has 4 heterocycles. The number of likely N-dealkylation sites (tertiary alicyclic amines) is 1. The largest absolute Gasteiger partial charge is 0.379 e. The lowest BCUT2D eigenvalue weighted by Crippen LogP contribution is -2.40. The summed E-state index contributed by atoms with van der Waals surface area (Å²) in [6.45, 7) is 2.99. The molecule has 2 aliphatic rings. The minimum absolute atomic E-state index is 0.0491. The van der Waals surface area contributed by atoms with E-state index in [0.717, 1.165) is 34.8 Å². The van der Waals surface area contributed by atoms with E-state index in [1.807, 2.05) is 23.1 Å². The molecular formula is C22H25N3O4S3. The van der Waals surface area contributed by atoms with Gasteiger partial charge in [0.25, 0.3) is 10.0 Å². The summed E-state index contributed by atoms with van der Waals surface area (Å²) >= 11 is 2.91. The zero-order valence-corrected chi connectivity index (χ0v) is 20.1. The van der Waals surface area contributed by atoms with Crippen LogP contribution in [0.4, 0.5) is 0 Å². The van der Waals surface area contributed by atoms with Crippen LogP contribution in [-0.4, -0.2) is 67.9 Å². The number of thiophene rings is 1. The summed E-state index contributed by atoms with van der Waals surface area (Å²) in [4.78, 5) is 20.5. The highest BCUT2D eigenvalue weighted by Gasteiger charge is 2.30. The van der Waals surface area contributed by atoms with Gasteiger partial charge < -0.3 is 9.64 Å². The van der Waals surface area contributed by atoms with Crippen molar-refractivity contribution in [3.63, 3.8) is 0 Å². The lowest BCUT2D eigenvalue weighted by atomic mass is 9.98. The van der Waals surface area contributed by atoms with Crippen molar-refractivity contribution in [1.82, 2.24) is 14.2 Å². The van der Waals surface area contributed by atoms with E-state index in [9.17, 15) is 13.2 Å². The van der Waals surface area contributed by atoms with Gasteiger partial charge in [-0.1, -0.05) is 12.1 Å². The summed E-state index contributed by atoms with van der Waals surface area (Å²) in [5, 5.41) is 1.10. The molecule has 0 saturated carbocycles. The molecule has 10 heteroatoms. The fourth-order valence-electron chi connectivity index (χ4n) is 4.24. The number of benzene rings is 1. The number of carbonyl (C=O) groups excluding carboxylic acids is 1. The Morgan fingerprint density at radius 2 is 1.91 bits per heavy atom. The number of aromatic nitrogens is 1. The van der Waals surface area contributed by atoms with Gasteiger partial charge in [0.1, 0.15) is 4.21 Å². The number of thiazole rings is 1. The number of piperidine rings is 1. The number of carbonyl (C=O) groups is 1. The fourth-order valence-corrected chi connectivity index (χ4v) is 8.24. The third-order valence-electron chi connectivity index (χ3n) is 5.96. The third kappa shape index (κ3) is 4.47. The molecule has 0 bridgehead atoms. The second-order valence-electron chi connectivity index (χ2n) is 8.11. The number of hydrogen-bond acceptors (Lipinski definition) is 7. The smallest absolute Gasteiger partial charge is 0.252 e. The quantitative estimate of drug-likeness (QED) is 0.547. The van der Waals surface area contributed by atoms with Crippen molar-refractivity contribution in [2.45, 2.75) is 29.4 Å². The number of morpholine rings is 1. The van der Waals surface area contributed by atoms with E-state index in [4.69, 9.17) is 9.72 Å². The maximum absolute atomic E-state index is 13.0. The molecule has 0 spiro atoms. The molecule has 1 aromatic carbocycles. The maximum atomic E-state index is 13.0. The van der Waals surface area contributed by atoms with Crippen molar-refractivity contribution < 1.29 is 17.9 Å². The van der Waals surface area contributed by atoms with Crippen LogP contribution in [0.5, 0.6) is 0 Å². The van der Waals surface area contributed by atoms with Gasteiger partial charge in [-0.2, -0.15) is 4.31 Å². The zero-order valence-electron chi connectivity index (χ0n) is 17.6. The summed E-state index contributed by atoms with van der Waals surface area (Å²) < 4.78 is 33.9. The topological polar surface area (TPSA) is 79.8 Å². The minimum atomic E-state index is -3.52. The molecule has 5 rings (SSSR count). The molecule has 1 amide bonds. The average molecular weight is 492 g/mol. The van der Waals surface area contributed by atoms with Crippen LogP contribution in [0.2, 0.25) is 0 Å². The number of ether oxygens (including phenoxy) is 1. The summed E-state index contributed by atoms with van der Waals surface area (Å²) in [6.07, 6.45) is 2.22. The number of nitrogens with zero attached hydrogens (tertiary/aromatic N) is 3. The van der Waals surface area contributed by atoms with Crippen LogP contribution in [0.1, 0.15) is 28.6 Å². The third-order valence-corrected chi connectivity index (χ3v) is 10.6. The van der Waals surface area contributed by atoms with E-state index in [1.54, 1.807) is 23.5 Å². The predicted molar refractivity (Wildman–Crippen MR) is 126 cm³/mol. The molecule has 1 atom stereocenters. The second kappa shape index (κ2) is 9.18. The predicted octanol–water partition coefficient (Wildman–Crippen LogP) is 3.33. The number of fused-ring (bicyclic) bond motifs is 1. The SMILES string of the molecule is O=C(Cc1ccc(S(=O)(=O)N2CCOCC2)s1)N1CCC[C@H](c2nc3ccccc3s2)C1. The normalized spacial score (nSPS) is 20.6. The molecule has 2 saturated heterocycles.